The Morgan fingerprint density at radius 2 is 1.72 bits per heavy atom. The Morgan fingerprint density at radius 1 is 1.11 bits per heavy atom. The highest BCUT2D eigenvalue weighted by molar-refractivity contribution is 5.01. The highest BCUT2D eigenvalue weighted by atomic mass is 16.5. The summed E-state index contributed by atoms with van der Waals surface area (Å²) in [7, 11) is 1.73. The van der Waals surface area contributed by atoms with Gasteiger partial charge in [0.05, 0.1) is 19.3 Å². The van der Waals surface area contributed by atoms with Crippen LogP contribution in [-0.2, 0) is 9.47 Å². The Bertz CT molecular complexity index is 256. The van der Waals surface area contributed by atoms with Gasteiger partial charge in [-0.05, 0) is 51.9 Å². The minimum absolute atomic E-state index is 0.344. The van der Waals surface area contributed by atoms with E-state index in [1.54, 1.807) is 7.11 Å². The van der Waals surface area contributed by atoms with Crippen molar-refractivity contribution in [1.29, 1.82) is 0 Å². The standard InChI is InChI=1S/C15H29NO2/c1-14(2,3)16-11-15(12-16)7-5-13(6-8-15)18-10-9-17-4/h13H,5-12H2,1-4H3. The second-order valence-corrected chi connectivity index (χ2v) is 7.09. The molecule has 1 saturated carbocycles. The first-order valence-electron chi connectivity index (χ1n) is 7.31. The maximum atomic E-state index is 5.84. The van der Waals surface area contributed by atoms with Crippen molar-refractivity contribution in [3.8, 4) is 0 Å². The quantitative estimate of drug-likeness (QED) is 0.721. The fourth-order valence-corrected chi connectivity index (χ4v) is 3.22. The van der Waals surface area contributed by atoms with Gasteiger partial charge in [-0.1, -0.05) is 0 Å². The average molecular weight is 255 g/mol. The largest absolute Gasteiger partial charge is 0.382 e. The van der Waals surface area contributed by atoms with Crippen LogP contribution in [0, 0.1) is 5.41 Å². The molecule has 1 spiro atoms. The van der Waals surface area contributed by atoms with Crippen LogP contribution in [0.2, 0.25) is 0 Å². The monoisotopic (exact) mass is 255 g/mol. The Labute approximate surface area is 112 Å². The first-order valence-corrected chi connectivity index (χ1v) is 7.31. The van der Waals surface area contributed by atoms with Crippen molar-refractivity contribution in [2.75, 3.05) is 33.4 Å². The number of likely N-dealkylation sites (tertiary alicyclic amines) is 1. The van der Waals surface area contributed by atoms with Gasteiger partial charge >= 0.3 is 0 Å². The normalized spacial score (nSPS) is 25.3. The van der Waals surface area contributed by atoms with Crippen LogP contribution in [0.1, 0.15) is 46.5 Å². The molecule has 0 N–H and O–H groups in total. The topological polar surface area (TPSA) is 21.7 Å². The Kier molecular flexibility index (Phi) is 4.35. The fraction of sp³-hybridized carbons (Fsp3) is 1.00. The third-order valence-electron chi connectivity index (χ3n) is 4.64. The second-order valence-electron chi connectivity index (χ2n) is 7.09. The predicted molar refractivity (Wildman–Crippen MR) is 73.8 cm³/mol. The summed E-state index contributed by atoms with van der Waals surface area (Å²) in [4.78, 5) is 2.61. The van der Waals surface area contributed by atoms with Gasteiger partial charge in [-0.3, -0.25) is 4.90 Å². The van der Waals surface area contributed by atoms with E-state index in [4.69, 9.17) is 9.47 Å². The molecule has 2 aliphatic rings. The molecule has 0 radical (unpaired) electrons. The summed E-state index contributed by atoms with van der Waals surface area (Å²) in [6, 6.07) is 0. The zero-order valence-electron chi connectivity index (χ0n) is 12.5. The molecular weight excluding hydrogens is 226 g/mol. The van der Waals surface area contributed by atoms with E-state index >= 15 is 0 Å². The SMILES string of the molecule is COCCOC1CCC2(CC1)CN(C(C)(C)C)C2. The summed E-state index contributed by atoms with van der Waals surface area (Å²) >= 11 is 0. The van der Waals surface area contributed by atoms with E-state index in [0.717, 1.165) is 13.2 Å². The van der Waals surface area contributed by atoms with Crippen LogP contribution in [0.3, 0.4) is 0 Å². The third-order valence-corrected chi connectivity index (χ3v) is 4.64. The highest BCUT2D eigenvalue weighted by Crippen LogP contribution is 2.46. The lowest BCUT2D eigenvalue weighted by molar-refractivity contribution is -0.106. The molecule has 1 heterocycles. The van der Waals surface area contributed by atoms with E-state index in [2.05, 4.69) is 25.7 Å². The lowest BCUT2D eigenvalue weighted by Gasteiger charge is -2.58. The molecule has 0 aromatic carbocycles. The molecule has 0 aromatic rings. The molecule has 0 bridgehead atoms. The van der Waals surface area contributed by atoms with Crippen LogP contribution in [-0.4, -0.2) is 50.0 Å². The van der Waals surface area contributed by atoms with Gasteiger partial charge in [-0.15, -0.1) is 0 Å². The molecular formula is C15H29NO2. The summed E-state index contributed by atoms with van der Waals surface area (Å²) in [5.41, 5.74) is 0.964. The maximum absolute atomic E-state index is 5.84. The lowest BCUT2D eigenvalue weighted by Crippen LogP contribution is -2.63. The number of hydrogen-bond donors (Lipinski definition) is 0. The minimum Gasteiger partial charge on any atom is -0.382 e. The summed E-state index contributed by atoms with van der Waals surface area (Å²) in [6.45, 7) is 11.0. The van der Waals surface area contributed by atoms with Crippen LogP contribution in [0.25, 0.3) is 0 Å². The molecule has 0 amide bonds. The smallest absolute Gasteiger partial charge is 0.0704 e. The van der Waals surface area contributed by atoms with Crippen molar-refractivity contribution >= 4 is 0 Å². The number of nitrogens with zero attached hydrogens (tertiary/aromatic N) is 1. The Balaban J connectivity index is 1.69. The summed E-state index contributed by atoms with van der Waals surface area (Å²) < 4.78 is 10.9. The number of hydrogen-bond acceptors (Lipinski definition) is 3. The molecule has 3 nitrogen and oxygen atoms in total. The zero-order chi connectivity index (χ0) is 13.2. The van der Waals surface area contributed by atoms with E-state index in [-0.39, 0.29) is 0 Å². The summed E-state index contributed by atoms with van der Waals surface area (Å²) in [6.07, 6.45) is 5.65. The first kappa shape index (κ1) is 14.3. The van der Waals surface area contributed by atoms with E-state index in [9.17, 15) is 0 Å². The van der Waals surface area contributed by atoms with Gasteiger partial charge in [0.25, 0.3) is 0 Å². The predicted octanol–water partition coefficient (Wildman–Crippen LogP) is 2.69. The molecule has 0 aromatic heterocycles. The average Bonchev–Trinajstić information content (AvgIpc) is 2.26. The fourth-order valence-electron chi connectivity index (χ4n) is 3.22. The summed E-state index contributed by atoms with van der Waals surface area (Å²) in [5, 5.41) is 0. The Morgan fingerprint density at radius 3 is 2.22 bits per heavy atom. The van der Waals surface area contributed by atoms with Gasteiger partial charge in [0.2, 0.25) is 0 Å². The van der Waals surface area contributed by atoms with Gasteiger partial charge in [0.1, 0.15) is 0 Å². The maximum Gasteiger partial charge on any atom is 0.0704 e. The van der Waals surface area contributed by atoms with Gasteiger partial charge in [0.15, 0.2) is 0 Å². The van der Waals surface area contributed by atoms with Gasteiger partial charge in [-0.2, -0.15) is 0 Å². The van der Waals surface area contributed by atoms with Crippen molar-refractivity contribution in [2.45, 2.75) is 58.1 Å². The van der Waals surface area contributed by atoms with Crippen molar-refractivity contribution in [1.82, 2.24) is 4.90 Å². The van der Waals surface area contributed by atoms with Crippen LogP contribution < -0.4 is 0 Å². The molecule has 1 saturated heterocycles. The number of ether oxygens (including phenoxy) is 2. The van der Waals surface area contributed by atoms with E-state index in [1.807, 2.05) is 0 Å². The van der Waals surface area contributed by atoms with Crippen molar-refractivity contribution in [3.05, 3.63) is 0 Å². The van der Waals surface area contributed by atoms with E-state index in [1.165, 1.54) is 38.8 Å². The Hall–Kier alpha value is -0.120. The van der Waals surface area contributed by atoms with Crippen LogP contribution in [0.15, 0.2) is 0 Å². The van der Waals surface area contributed by atoms with Crippen molar-refractivity contribution < 1.29 is 9.47 Å². The lowest BCUT2D eigenvalue weighted by atomic mass is 9.66. The number of rotatable bonds is 4. The zero-order valence-corrected chi connectivity index (χ0v) is 12.5. The van der Waals surface area contributed by atoms with Crippen molar-refractivity contribution in [2.24, 2.45) is 5.41 Å². The van der Waals surface area contributed by atoms with Gasteiger partial charge < -0.3 is 9.47 Å². The van der Waals surface area contributed by atoms with Gasteiger partial charge in [0, 0.05) is 25.7 Å². The van der Waals surface area contributed by atoms with Crippen molar-refractivity contribution in [3.63, 3.8) is 0 Å². The van der Waals surface area contributed by atoms with Crippen LogP contribution in [0.5, 0.6) is 0 Å². The minimum atomic E-state index is 0.344. The second kappa shape index (κ2) is 5.48. The number of methoxy groups -OCH3 is 1. The molecule has 106 valence electrons. The molecule has 2 rings (SSSR count). The molecule has 0 atom stereocenters. The van der Waals surface area contributed by atoms with E-state index in [0.29, 0.717) is 17.1 Å². The van der Waals surface area contributed by atoms with Crippen LogP contribution in [0.4, 0.5) is 0 Å². The molecule has 1 aliphatic heterocycles. The van der Waals surface area contributed by atoms with Crippen LogP contribution >= 0.6 is 0 Å². The molecule has 0 unspecified atom stereocenters. The highest BCUT2D eigenvalue weighted by Gasteiger charge is 2.48. The van der Waals surface area contributed by atoms with Gasteiger partial charge in [-0.25, -0.2) is 0 Å². The third kappa shape index (κ3) is 3.25. The molecule has 3 heteroatoms. The molecule has 2 fully saturated rings. The molecule has 18 heavy (non-hydrogen) atoms. The first-order chi connectivity index (χ1) is 8.45. The summed E-state index contributed by atoms with van der Waals surface area (Å²) in [5.74, 6) is 0. The molecule has 1 aliphatic carbocycles. The van der Waals surface area contributed by atoms with E-state index < -0.39 is 0 Å².